The number of halogens is 1. The van der Waals surface area contributed by atoms with Crippen LogP contribution in [0.5, 0.6) is 0 Å². The van der Waals surface area contributed by atoms with Crippen LogP contribution in [0.3, 0.4) is 0 Å². The van der Waals surface area contributed by atoms with Gasteiger partial charge in [0.2, 0.25) is 10.0 Å². The maximum absolute atomic E-state index is 13.1. The number of nitrogens with zero attached hydrogens (tertiary/aromatic N) is 2. The molecule has 3 unspecified atom stereocenters. The van der Waals surface area contributed by atoms with Crippen LogP contribution in [0.2, 0.25) is 5.02 Å². The van der Waals surface area contributed by atoms with Crippen molar-refractivity contribution in [1.29, 1.82) is 5.26 Å². The second kappa shape index (κ2) is 10.2. The number of carbonyl (C=O) groups is 2. The summed E-state index contributed by atoms with van der Waals surface area (Å²) in [6.07, 6.45) is 0.519. The van der Waals surface area contributed by atoms with E-state index in [1.54, 1.807) is 20.8 Å². The molecular weight excluding hydrogens is 454 g/mol. The van der Waals surface area contributed by atoms with Gasteiger partial charge in [-0.15, -0.1) is 0 Å². The van der Waals surface area contributed by atoms with Crippen LogP contribution in [-0.2, 0) is 19.6 Å². The minimum absolute atomic E-state index is 0.00675. The van der Waals surface area contributed by atoms with Crippen LogP contribution in [0, 0.1) is 23.2 Å². The molecule has 0 saturated carbocycles. The van der Waals surface area contributed by atoms with Gasteiger partial charge in [0.1, 0.15) is 10.4 Å². The van der Waals surface area contributed by atoms with Crippen molar-refractivity contribution in [3.05, 3.63) is 28.8 Å². The van der Waals surface area contributed by atoms with Gasteiger partial charge in [-0.25, -0.2) is 13.2 Å². The third kappa shape index (κ3) is 5.80. The zero-order chi connectivity index (χ0) is 24.3. The molecule has 1 aliphatic rings. The first-order chi connectivity index (χ1) is 14.8. The molecule has 1 aromatic rings. The molecule has 1 fully saturated rings. The Bertz CT molecular complexity index is 1020. The molecule has 0 radical (unpaired) electrons. The minimum Gasteiger partial charge on any atom is -0.449 e. The van der Waals surface area contributed by atoms with Gasteiger partial charge >= 0.3 is 5.97 Å². The average molecular weight is 484 g/mol. The van der Waals surface area contributed by atoms with E-state index in [0.717, 1.165) is 12.8 Å². The largest absolute Gasteiger partial charge is 0.449 e. The summed E-state index contributed by atoms with van der Waals surface area (Å²) in [6, 6.07) is 5.91. The number of amides is 1. The van der Waals surface area contributed by atoms with E-state index in [9.17, 15) is 23.3 Å². The normalized spacial score (nSPS) is 20.1. The number of carbonyl (C=O) groups excluding carboxylic acids is 2. The van der Waals surface area contributed by atoms with Crippen molar-refractivity contribution in [1.82, 2.24) is 9.62 Å². The predicted molar refractivity (Wildman–Crippen MR) is 120 cm³/mol. The second-order valence-corrected chi connectivity index (χ2v) is 11.1. The molecule has 1 N–H and O–H groups in total. The van der Waals surface area contributed by atoms with Gasteiger partial charge in [-0.3, -0.25) is 4.79 Å². The lowest BCUT2D eigenvalue weighted by Crippen LogP contribution is -2.52. The van der Waals surface area contributed by atoms with Gasteiger partial charge in [-0.1, -0.05) is 32.4 Å². The molecule has 0 aliphatic carbocycles. The van der Waals surface area contributed by atoms with Gasteiger partial charge in [-0.05, 0) is 56.7 Å². The Morgan fingerprint density at radius 3 is 2.56 bits per heavy atom. The van der Waals surface area contributed by atoms with Crippen LogP contribution in [0.1, 0.15) is 57.8 Å². The Morgan fingerprint density at radius 2 is 2.00 bits per heavy atom. The van der Waals surface area contributed by atoms with E-state index in [2.05, 4.69) is 11.4 Å². The fourth-order valence-corrected chi connectivity index (χ4v) is 5.37. The zero-order valence-electron chi connectivity index (χ0n) is 19.0. The number of sulfonamides is 1. The first-order valence-electron chi connectivity index (χ1n) is 10.6. The Labute approximate surface area is 194 Å². The Balaban J connectivity index is 2.20. The van der Waals surface area contributed by atoms with Crippen LogP contribution < -0.4 is 5.32 Å². The second-order valence-electron chi connectivity index (χ2n) is 8.76. The monoisotopic (exact) mass is 483 g/mol. The summed E-state index contributed by atoms with van der Waals surface area (Å²) in [5.74, 6) is -1.42. The molecule has 1 aromatic carbocycles. The Hall–Kier alpha value is -2.15. The molecule has 8 nitrogen and oxygen atoms in total. The number of esters is 1. The van der Waals surface area contributed by atoms with Gasteiger partial charge in [0.15, 0.2) is 6.10 Å². The number of nitrogens with one attached hydrogen (secondary N) is 1. The molecule has 1 amide bonds. The molecule has 0 bridgehead atoms. The summed E-state index contributed by atoms with van der Waals surface area (Å²) < 4.78 is 32.8. The molecular formula is C22H30ClN3O5S. The van der Waals surface area contributed by atoms with Gasteiger partial charge in [0.25, 0.3) is 5.91 Å². The Morgan fingerprint density at radius 1 is 1.34 bits per heavy atom. The lowest BCUT2D eigenvalue weighted by molar-refractivity contribution is -0.130. The van der Waals surface area contributed by atoms with Crippen LogP contribution in [0.15, 0.2) is 23.1 Å². The lowest BCUT2D eigenvalue weighted by Gasteiger charge is -2.30. The first-order valence-corrected chi connectivity index (χ1v) is 12.4. The zero-order valence-corrected chi connectivity index (χ0v) is 20.6. The van der Waals surface area contributed by atoms with E-state index in [0.29, 0.717) is 13.1 Å². The molecule has 176 valence electrons. The molecule has 0 spiro atoms. The molecule has 1 aliphatic heterocycles. The number of piperidine rings is 1. The van der Waals surface area contributed by atoms with Crippen LogP contribution in [0.25, 0.3) is 0 Å². The summed E-state index contributed by atoms with van der Waals surface area (Å²) >= 11 is 6.16. The summed E-state index contributed by atoms with van der Waals surface area (Å²) in [4.78, 5) is 24.9. The predicted octanol–water partition coefficient (Wildman–Crippen LogP) is 3.36. The highest BCUT2D eigenvalue weighted by Crippen LogP contribution is 2.29. The fraction of sp³-hybridized carbons (Fsp3) is 0.591. The lowest BCUT2D eigenvalue weighted by atomic mass is 9.90. The number of benzene rings is 1. The molecule has 32 heavy (non-hydrogen) atoms. The van der Waals surface area contributed by atoms with Crippen molar-refractivity contribution in [2.24, 2.45) is 11.8 Å². The van der Waals surface area contributed by atoms with E-state index < -0.39 is 33.5 Å². The fourth-order valence-electron chi connectivity index (χ4n) is 3.27. The Kier molecular flexibility index (Phi) is 8.32. The highest BCUT2D eigenvalue weighted by molar-refractivity contribution is 7.89. The topological polar surface area (TPSA) is 117 Å². The van der Waals surface area contributed by atoms with E-state index in [1.807, 2.05) is 6.92 Å². The van der Waals surface area contributed by atoms with Crippen LogP contribution >= 0.6 is 11.6 Å². The van der Waals surface area contributed by atoms with Crippen molar-refractivity contribution >= 4 is 33.5 Å². The van der Waals surface area contributed by atoms with E-state index in [4.69, 9.17) is 16.3 Å². The molecule has 0 aromatic heterocycles. The van der Waals surface area contributed by atoms with E-state index in [-0.39, 0.29) is 27.3 Å². The van der Waals surface area contributed by atoms with Crippen LogP contribution in [-0.4, -0.2) is 49.3 Å². The van der Waals surface area contributed by atoms with E-state index in [1.165, 1.54) is 29.4 Å². The van der Waals surface area contributed by atoms with Gasteiger partial charge < -0.3 is 10.1 Å². The van der Waals surface area contributed by atoms with Crippen molar-refractivity contribution in [2.45, 2.75) is 64.0 Å². The van der Waals surface area contributed by atoms with E-state index >= 15 is 0 Å². The summed E-state index contributed by atoms with van der Waals surface area (Å²) in [6.45, 7) is 9.31. The van der Waals surface area contributed by atoms with Crippen molar-refractivity contribution in [3.8, 4) is 6.07 Å². The first kappa shape index (κ1) is 26.1. The maximum atomic E-state index is 13.1. The summed E-state index contributed by atoms with van der Waals surface area (Å²) in [7, 11) is -3.89. The number of hydrogen-bond donors (Lipinski definition) is 1. The molecule has 1 saturated heterocycles. The highest BCUT2D eigenvalue weighted by atomic mass is 35.5. The van der Waals surface area contributed by atoms with Crippen molar-refractivity contribution in [3.63, 3.8) is 0 Å². The van der Waals surface area contributed by atoms with Gasteiger partial charge in [-0.2, -0.15) is 9.57 Å². The third-order valence-corrected chi connectivity index (χ3v) is 8.17. The number of ether oxygens (including phenoxy) is 1. The molecule has 10 heteroatoms. The number of nitriles is 1. The molecule has 1 heterocycles. The third-order valence-electron chi connectivity index (χ3n) is 5.83. The quantitative estimate of drug-likeness (QED) is 0.594. The summed E-state index contributed by atoms with van der Waals surface area (Å²) in [5, 5.41) is 12.0. The van der Waals surface area contributed by atoms with Crippen LogP contribution in [0.4, 0.5) is 0 Å². The SMILES string of the molecule is CC1CCCN(S(=O)(=O)c2cc(C(=O)OC(C)C(=O)NC(C)(C#N)C(C)C)ccc2Cl)C1. The number of rotatable bonds is 7. The average Bonchev–Trinajstić information content (AvgIpc) is 2.73. The maximum Gasteiger partial charge on any atom is 0.338 e. The number of hydrogen-bond acceptors (Lipinski definition) is 6. The van der Waals surface area contributed by atoms with Gasteiger partial charge in [0.05, 0.1) is 16.7 Å². The van der Waals surface area contributed by atoms with Crippen molar-refractivity contribution < 1.29 is 22.7 Å². The summed E-state index contributed by atoms with van der Waals surface area (Å²) in [5.41, 5.74) is -1.16. The minimum atomic E-state index is -3.89. The van der Waals surface area contributed by atoms with Crippen molar-refractivity contribution in [2.75, 3.05) is 13.1 Å². The van der Waals surface area contributed by atoms with Gasteiger partial charge in [0, 0.05) is 13.1 Å². The molecule has 3 atom stereocenters. The molecule has 2 rings (SSSR count). The highest BCUT2D eigenvalue weighted by Gasteiger charge is 2.34. The smallest absolute Gasteiger partial charge is 0.338 e. The standard InChI is InChI=1S/C22H30ClN3O5S/c1-14(2)22(5,13-24)25-20(27)16(4)31-21(28)17-8-9-18(23)19(11-17)32(29,30)26-10-6-7-15(3)12-26/h8-9,11,14-16H,6-7,10,12H2,1-5H3,(H,25,27).